The summed E-state index contributed by atoms with van der Waals surface area (Å²) in [6, 6.07) is 9.80. The van der Waals surface area contributed by atoms with E-state index in [-0.39, 0.29) is 12.5 Å². The molecule has 5 heteroatoms. The average Bonchev–Trinajstić information content (AvgIpc) is 2.98. The highest BCUT2D eigenvalue weighted by Crippen LogP contribution is 2.00. The fourth-order valence-corrected chi connectivity index (χ4v) is 1.81. The van der Waals surface area contributed by atoms with Crippen molar-refractivity contribution in [1.82, 2.24) is 15.3 Å². The minimum atomic E-state index is -0.0830. The lowest BCUT2D eigenvalue weighted by molar-refractivity contribution is -0.126. The Hall–Kier alpha value is -2.14. The van der Waals surface area contributed by atoms with Gasteiger partial charge in [-0.2, -0.15) is 0 Å². The lowest BCUT2D eigenvalue weighted by Crippen LogP contribution is -2.28. The van der Waals surface area contributed by atoms with Gasteiger partial charge >= 0.3 is 0 Å². The number of H-pyrrole nitrogens is 1. The van der Waals surface area contributed by atoms with Crippen molar-refractivity contribution < 1.29 is 9.53 Å². The van der Waals surface area contributed by atoms with Gasteiger partial charge in [-0.05, 0) is 12.0 Å². The van der Waals surface area contributed by atoms with Gasteiger partial charge in [-0.3, -0.25) is 4.79 Å². The fraction of sp³-hybridized carbons (Fsp3) is 0.333. The van der Waals surface area contributed by atoms with Gasteiger partial charge in [0.1, 0.15) is 12.4 Å². The van der Waals surface area contributed by atoms with Crippen molar-refractivity contribution in [3.05, 3.63) is 54.1 Å². The first-order chi connectivity index (χ1) is 9.84. The van der Waals surface area contributed by atoms with Crippen LogP contribution < -0.4 is 5.32 Å². The van der Waals surface area contributed by atoms with Crippen LogP contribution in [0.15, 0.2) is 42.7 Å². The molecule has 0 unspecified atom stereocenters. The number of carbonyl (C=O) groups is 1. The van der Waals surface area contributed by atoms with Gasteiger partial charge in [0.05, 0.1) is 6.61 Å². The summed E-state index contributed by atoms with van der Waals surface area (Å²) in [6.07, 6.45) is 5.22. The third-order valence-corrected chi connectivity index (χ3v) is 2.81. The van der Waals surface area contributed by atoms with Crippen molar-refractivity contribution in [2.75, 3.05) is 13.2 Å². The van der Waals surface area contributed by atoms with E-state index in [1.165, 1.54) is 0 Å². The number of aryl methyl sites for hydroxylation is 1. The summed E-state index contributed by atoms with van der Waals surface area (Å²) in [4.78, 5) is 18.7. The van der Waals surface area contributed by atoms with Crippen molar-refractivity contribution >= 4 is 5.91 Å². The number of hydrogen-bond acceptors (Lipinski definition) is 3. The first-order valence-electron chi connectivity index (χ1n) is 6.71. The van der Waals surface area contributed by atoms with Gasteiger partial charge in [-0.25, -0.2) is 4.98 Å². The molecule has 0 spiro atoms. The molecule has 0 aliphatic carbocycles. The topological polar surface area (TPSA) is 67.0 Å². The van der Waals surface area contributed by atoms with Gasteiger partial charge in [0.25, 0.3) is 0 Å². The smallest absolute Gasteiger partial charge is 0.246 e. The molecule has 5 nitrogen and oxygen atoms in total. The van der Waals surface area contributed by atoms with Crippen LogP contribution in [0.25, 0.3) is 0 Å². The summed E-state index contributed by atoms with van der Waals surface area (Å²) < 4.78 is 5.35. The quantitative estimate of drug-likeness (QED) is 0.719. The Morgan fingerprint density at radius 1 is 1.30 bits per heavy atom. The number of aromatic amines is 1. The number of nitrogens with zero attached hydrogens (tertiary/aromatic N) is 1. The van der Waals surface area contributed by atoms with Crippen molar-refractivity contribution in [2.24, 2.45) is 0 Å². The molecule has 1 aromatic heterocycles. The second kappa shape index (κ2) is 8.12. The van der Waals surface area contributed by atoms with E-state index < -0.39 is 0 Å². The molecular formula is C15H19N3O2. The molecule has 0 aliphatic heterocycles. The molecule has 1 aromatic carbocycles. The number of amides is 1. The third kappa shape index (κ3) is 5.24. The van der Waals surface area contributed by atoms with Crippen LogP contribution in [0.1, 0.15) is 17.8 Å². The highest BCUT2D eigenvalue weighted by Gasteiger charge is 2.01. The molecule has 0 saturated heterocycles. The molecule has 0 bridgehead atoms. The minimum Gasteiger partial charge on any atom is -0.367 e. The summed E-state index contributed by atoms with van der Waals surface area (Å²) in [6.45, 7) is 1.19. The van der Waals surface area contributed by atoms with Gasteiger partial charge in [0.2, 0.25) is 5.91 Å². The molecule has 2 N–H and O–H groups in total. The van der Waals surface area contributed by atoms with E-state index in [1.54, 1.807) is 12.4 Å². The molecule has 1 amide bonds. The lowest BCUT2D eigenvalue weighted by atomic mass is 10.2. The number of aromatic nitrogens is 2. The molecule has 20 heavy (non-hydrogen) atoms. The third-order valence-electron chi connectivity index (χ3n) is 2.81. The molecule has 0 radical (unpaired) electrons. The van der Waals surface area contributed by atoms with Gasteiger partial charge in [-0.1, -0.05) is 30.3 Å². The van der Waals surface area contributed by atoms with Crippen LogP contribution in [0.5, 0.6) is 0 Å². The average molecular weight is 273 g/mol. The number of benzene rings is 1. The predicted octanol–water partition coefficient (Wildman–Crippen LogP) is 1.68. The largest absolute Gasteiger partial charge is 0.367 e. The first-order valence-corrected chi connectivity index (χ1v) is 6.71. The van der Waals surface area contributed by atoms with Crippen LogP contribution in [0, 0.1) is 0 Å². The molecule has 0 aliphatic rings. The van der Waals surface area contributed by atoms with Crippen LogP contribution in [0.4, 0.5) is 0 Å². The minimum absolute atomic E-state index is 0.0830. The Kier molecular flexibility index (Phi) is 5.79. The van der Waals surface area contributed by atoms with Crippen LogP contribution in [0.3, 0.4) is 0 Å². The zero-order valence-electron chi connectivity index (χ0n) is 11.3. The Bertz CT molecular complexity index is 497. The molecular weight excluding hydrogens is 254 g/mol. The summed E-state index contributed by atoms with van der Waals surface area (Å²) in [7, 11) is 0. The van der Waals surface area contributed by atoms with E-state index in [0.717, 1.165) is 24.2 Å². The maximum Gasteiger partial charge on any atom is 0.246 e. The summed E-state index contributed by atoms with van der Waals surface area (Å²) in [5.74, 6) is 0.861. The van der Waals surface area contributed by atoms with Crippen molar-refractivity contribution in [1.29, 1.82) is 0 Å². The Morgan fingerprint density at radius 3 is 2.90 bits per heavy atom. The van der Waals surface area contributed by atoms with Crippen LogP contribution >= 0.6 is 0 Å². The van der Waals surface area contributed by atoms with E-state index in [9.17, 15) is 4.79 Å². The molecule has 106 valence electrons. The predicted molar refractivity (Wildman–Crippen MR) is 76.0 cm³/mol. The zero-order valence-corrected chi connectivity index (χ0v) is 11.3. The normalized spacial score (nSPS) is 10.4. The lowest BCUT2D eigenvalue weighted by Gasteiger charge is -2.06. The number of nitrogens with one attached hydrogen (secondary N) is 2. The van der Waals surface area contributed by atoms with E-state index in [2.05, 4.69) is 15.3 Å². The summed E-state index contributed by atoms with van der Waals surface area (Å²) in [5, 5.41) is 2.83. The molecule has 2 aromatic rings. The molecule has 2 rings (SSSR count). The van der Waals surface area contributed by atoms with Gasteiger partial charge in [-0.15, -0.1) is 0 Å². The van der Waals surface area contributed by atoms with E-state index in [4.69, 9.17) is 4.74 Å². The molecule has 0 fully saturated rings. The monoisotopic (exact) mass is 273 g/mol. The van der Waals surface area contributed by atoms with Crippen LogP contribution in [-0.4, -0.2) is 29.0 Å². The maximum absolute atomic E-state index is 11.5. The van der Waals surface area contributed by atoms with E-state index in [0.29, 0.717) is 13.2 Å². The van der Waals surface area contributed by atoms with Crippen molar-refractivity contribution in [2.45, 2.75) is 19.4 Å². The van der Waals surface area contributed by atoms with Crippen LogP contribution in [0.2, 0.25) is 0 Å². The Morgan fingerprint density at radius 2 is 2.15 bits per heavy atom. The molecule has 0 atom stereocenters. The SMILES string of the molecule is O=C(COCc1ccccc1)NCCCc1ncc[nH]1. The van der Waals surface area contributed by atoms with E-state index in [1.807, 2.05) is 30.3 Å². The van der Waals surface area contributed by atoms with Crippen molar-refractivity contribution in [3.8, 4) is 0 Å². The number of carbonyl (C=O) groups excluding carboxylic acids is 1. The summed E-state index contributed by atoms with van der Waals surface area (Å²) in [5.41, 5.74) is 1.07. The number of imidazole rings is 1. The van der Waals surface area contributed by atoms with Crippen molar-refractivity contribution in [3.63, 3.8) is 0 Å². The highest BCUT2D eigenvalue weighted by atomic mass is 16.5. The molecule has 1 heterocycles. The van der Waals surface area contributed by atoms with E-state index >= 15 is 0 Å². The van der Waals surface area contributed by atoms with Gasteiger partial charge in [0.15, 0.2) is 0 Å². The van der Waals surface area contributed by atoms with Gasteiger partial charge < -0.3 is 15.0 Å². The standard InChI is InChI=1S/C15H19N3O2/c19-15(12-20-11-13-5-2-1-3-6-13)18-8-4-7-14-16-9-10-17-14/h1-3,5-6,9-10H,4,7-8,11-12H2,(H,16,17)(H,18,19). The van der Waals surface area contributed by atoms with Crippen LogP contribution in [-0.2, 0) is 22.6 Å². The highest BCUT2D eigenvalue weighted by molar-refractivity contribution is 5.77. The summed E-state index contributed by atoms with van der Waals surface area (Å²) >= 11 is 0. The zero-order chi connectivity index (χ0) is 14.0. The second-order valence-electron chi connectivity index (χ2n) is 4.47. The number of rotatable bonds is 8. The first kappa shape index (κ1) is 14.3. The number of ether oxygens (including phenoxy) is 1. The molecule has 0 saturated carbocycles. The Balaban J connectivity index is 1.52. The van der Waals surface area contributed by atoms with Gasteiger partial charge in [0, 0.05) is 25.4 Å². The maximum atomic E-state index is 11.5. The fourth-order valence-electron chi connectivity index (χ4n) is 1.81. The Labute approximate surface area is 118 Å². The number of hydrogen-bond donors (Lipinski definition) is 2. The second-order valence-corrected chi connectivity index (χ2v) is 4.47.